The van der Waals surface area contributed by atoms with E-state index < -0.39 is 5.92 Å². The second-order valence-corrected chi connectivity index (χ2v) is 5.42. The SMILES string of the molecule is FC(F)(CNC1CCCCC1Cl)c1ccccc1. The van der Waals surface area contributed by atoms with Crippen LogP contribution in [0.2, 0.25) is 0 Å². The minimum Gasteiger partial charge on any atom is -0.307 e. The van der Waals surface area contributed by atoms with Gasteiger partial charge in [0.1, 0.15) is 0 Å². The number of hydrogen-bond donors (Lipinski definition) is 1. The Balaban J connectivity index is 1.92. The van der Waals surface area contributed by atoms with E-state index >= 15 is 0 Å². The topological polar surface area (TPSA) is 12.0 Å². The summed E-state index contributed by atoms with van der Waals surface area (Å²) in [6.45, 7) is -0.342. The van der Waals surface area contributed by atoms with Crippen LogP contribution in [-0.2, 0) is 5.92 Å². The van der Waals surface area contributed by atoms with Gasteiger partial charge in [0.15, 0.2) is 0 Å². The van der Waals surface area contributed by atoms with Crippen LogP contribution in [0, 0.1) is 0 Å². The van der Waals surface area contributed by atoms with Gasteiger partial charge in [0.05, 0.1) is 6.54 Å². The van der Waals surface area contributed by atoms with Gasteiger partial charge in [0.2, 0.25) is 0 Å². The summed E-state index contributed by atoms with van der Waals surface area (Å²) >= 11 is 6.15. The molecule has 0 aromatic heterocycles. The van der Waals surface area contributed by atoms with Gasteiger partial charge in [-0.2, -0.15) is 8.78 Å². The fourth-order valence-corrected chi connectivity index (χ4v) is 2.73. The van der Waals surface area contributed by atoms with Crippen LogP contribution in [0.15, 0.2) is 30.3 Å². The normalized spacial score (nSPS) is 25.1. The van der Waals surface area contributed by atoms with Crippen molar-refractivity contribution in [2.75, 3.05) is 6.54 Å². The van der Waals surface area contributed by atoms with E-state index in [2.05, 4.69) is 5.32 Å². The van der Waals surface area contributed by atoms with Crippen LogP contribution in [-0.4, -0.2) is 18.0 Å². The van der Waals surface area contributed by atoms with E-state index in [-0.39, 0.29) is 23.5 Å². The fraction of sp³-hybridized carbons (Fsp3) is 0.571. The van der Waals surface area contributed by atoms with Crippen molar-refractivity contribution < 1.29 is 8.78 Å². The number of nitrogens with one attached hydrogen (secondary N) is 1. The summed E-state index contributed by atoms with van der Waals surface area (Å²) < 4.78 is 27.9. The molecule has 2 unspecified atom stereocenters. The predicted octanol–water partition coefficient (Wildman–Crippen LogP) is 3.92. The zero-order valence-corrected chi connectivity index (χ0v) is 11.0. The number of benzene rings is 1. The molecule has 1 fully saturated rings. The fourth-order valence-electron chi connectivity index (χ4n) is 2.36. The molecule has 0 aliphatic heterocycles. The van der Waals surface area contributed by atoms with Gasteiger partial charge in [0, 0.05) is 17.0 Å². The van der Waals surface area contributed by atoms with Crippen molar-refractivity contribution in [3.63, 3.8) is 0 Å². The third-order valence-electron chi connectivity index (χ3n) is 3.46. The molecular formula is C14H18ClF2N. The average Bonchev–Trinajstić information content (AvgIpc) is 2.39. The van der Waals surface area contributed by atoms with Gasteiger partial charge in [-0.25, -0.2) is 0 Å². The van der Waals surface area contributed by atoms with Gasteiger partial charge < -0.3 is 5.32 Å². The van der Waals surface area contributed by atoms with E-state index in [4.69, 9.17) is 11.6 Å². The second-order valence-electron chi connectivity index (χ2n) is 4.86. The highest BCUT2D eigenvalue weighted by Gasteiger charge is 2.33. The molecule has 1 aromatic rings. The largest absolute Gasteiger partial charge is 0.307 e. The van der Waals surface area contributed by atoms with Gasteiger partial charge in [-0.05, 0) is 12.8 Å². The maximum atomic E-state index is 13.9. The van der Waals surface area contributed by atoms with Crippen LogP contribution >= 0.6 is 11.6 Å². The van der Waals surface area contributed by atoms with Crippen molar-refractivity contribution >= 4 is 11.6 Å². The molecule has 1 aromatic carbocycles. The highest BCUT2D eigenvalue weighted by molar-refractivity contribution is 6.21. The molecule has 0 heterocycles. The first kappa shape index (κ1) is 13.8. The first-order valence-corrected chi connectivity index (χ1v) is 6.84. The summed E-state index contributed by atoms with van der Waals surface area (Å²) in [5, 5.41) is 2.91. The van der Waals surface area contributed by atoms with E-state index in [0.717, 1.165) is 25.7 Å². The summed E-state index contributed by atoms with van der Waals surface area (Å²) in [4.78, 5) is 0. The van der Waals surface area contributed by atoms with E-state index in [1.807, 2.05) is 0 Å². The molecule has 0 bridgehead atoms. The second kappa shape index (κ2) is 5.98. The summed E-state index contributed by atoms with van der Waals surface area (Å²) in [5.41, 5.74) is 0.0550. The molecule has 1 aliphatic carbocycles. The monoisotopic (exact) mass is 273 g/mol. The molecule has 1 saturated carbocycles. The molecule has 0 saturated heterocycles. The molecule has 0 spiro atoms. The van der Waals surface area contributed by atoms with Gasteiger partial charge >= 0.3 is 0 Å². The lowest BCUT2D eigenvalue weighted by atomic mass is 9.94. The van der Waals surface area contributed by atoms with Crippen molar-refractivity contribution in [2.45, 2.75) is 43.0 Å². The van der Waals surface area contributed by atoms with Crippen molar-refractivity contribution in [2.24, 2.45) is 0 Å². The van der Waals surface area contributed by atoms with E-state index in [9.17, 15) is 8.78 Å². The minimum absolute atomic E-state index is 0.00926. The van der Waals surface area contributed by atoms with Crippen LogP contribution in [0.4, 0.5) is 8.78 Å². The molecule has 18 heavy (non-hydrogen) atoms. The van der Waals surface area contributed by atoms with Gasteiger partial charge in [-0.15, -0.1) is 11.6 Å². The minimum atomic E-state index is -2.84. The van der Waals surface area contributed by atoms with Crippen molar-refractivity contribution in [3.05, 3.63) is 35.9 Å². The molecule has 1 nitrogen and oxygen atoms in total. The van der Waals surface area contributed by atoms with Crippen LogP contribution < -0.4 is 5.32 Å². The van der Waals surface area contributed by atoms with Crippen molar-refractivity contribution in [1.29, 1.82) is 0 Å². The third-order valence-corrected chi connectivity index (χ3v) is 3.99. The van der Waals surface area contributed by atoms with Crippen LogP contribution in [0.3, 0.4) is 0 Å². The Bertz CT molecular complexity index is 369. The molecule has 0 radical (unpaired) electrons. The standard InChI is InChI=1S/C14H18ClF2N/c15-12-8-4-5-9-13(12)18-10-14(16,17)11-6-2-1-3-7-11/h1-3,6-7,12-13,18H,4-5,8-10H2. The first-order valence-electron chi connectivity index (χ1n) is 6.40. The molecule has 1 N–H and O–H groups in total. The van der Waals surface area contributed by atoms with E-state index in [1.54, 1.807) is 18.2 Å². The molecule has 1 aliphatic rings. The van der Waals surface area contributed by atoms with Crippen LogP contribution in [0.1, 0.15) is 31.2 Å². The number of hydrogen-bond acceptors (Lipinski definition) is 1. The Labute approximate surface area is 112 Å². The van der Waals surface area contributed by atoms with E-state index in [0.29, 0.717) is 0 Å². The quantitative estimate of drug-likeness (QED) is 0.820. The first-order chi connectivity index (χ1) is 8.59. The van der Waals surface area contributed by atoms with Gasteiger partial charge in [-0.1, -0.05) is 43.2 Å². The zero-order valence-electron chi connectivity index (χ0n) is 10.2. The summed E-state index contributed by atoms with van der Waals surface area (Å²) in [6.07, 6.45) is 3.97. The van der Waals surface area contributed by atoms with Crippen molar-refractivity contribution in [3.8, 4) is 0 Å². The predicted molar refractivity (Wildman–Crippen MR) is 70.2 cm³/mol. The van der Waals surface area contributed by atoms with Crippen LogP contribution in [0.25, 0.3) is 0 Å². The Kier molecular flexibility index (Phi) is 4.57. The Morgan fingerprint density at radius 1 is 1.17 bits per heavy atom. The number of alkyl halides is 3. The summed E-state index contributed by atoms with van der Waals surface area (Å²) in [7, 11) is 0. The van der Waals surface area contributed by atoms with Gasteiger partial charge in [0.25, 0.3) is 5.92 Å². The Morgan fingerprint density at radius 2 is 1.83 bits per heavy atom. The zero-order chi connectivity index (χ0) is 13.0. The highest BCUT2D eigenvalue weighted by atomic mass is 35.5. The van der Waals surface area contributed by atoms with Crippen LogP contribution in [0.5, 0.6) is 0 Å². The van der Waals surface area contributed by atoms with Gasteiger partial charge in [-0.3, -0.25) is 0 Å². The Morgan fingerprint density at radius 3 is 2.50 bits per heavy atom. The summed E-state index contributed by atoms with van der Waals surface area (Å²) in [6, 6.07) is 7.93. The molecule has 0 amide bonds. The third kappa shape index (κ3) is 3.42. The Hall–Kier alpha value is -0.670. The number of rotatable bonds is 4. The average molecular weight is 274 g/mol. The molecule has 2 atom stereocenters. The van der Waals surface area contributed by atoms with E-state index in [1.165, 1.54) is 12.1 Å². The lowest BCUT2D eigenvalue weighted by Gasteiger charge is -2.29. The highest BCUT2D eigenvalue weighted by Crippen LogP contribution is 2.28. The number of halogens is 3. The lowest BCUT2D eigenvalue weighted by Crippen LogP contribution is -2.44. The molecule has 2 rings (SSSR count). The smallest absolute Gasteiger partial charge is 0.285 e. The van der Waals surface area contributed by atoms with Crippen molar-refractivity contribution in [1.82, 2.24) is 5.32 Å². The molecule has 4 heteroatoms. The summed E-state index contributed by atoms with van der Waals surface area (Å²) in [5.74, 6) is -2.84. The molecular weight excluding hydrogens is 256 g/mol. The molecule has 100 valence electrons. The maximum Gasteiger partial charge on any atom is 0.285 e. The maximum absolute atomic E-state index is 13.9. The lowest BCUT2D eigenvalue weighted by molar-refractivity contribution is -0.00661.